The van der Waals surface area contributed by atoms with Crippen LogP contribution in [0.2, 0.25) is 0 Å². The molecule has 2 atom stereocenters. The summed E-state index contributed by atoms with van der Waals surface area (Å²) in [6.07, 6.45) is 3.63. The zero-order valence-electron chi connectivity index (χ0n) is 20.6. The number of rotatable bonds is 9. The summed E-state index contributed by atoms with van der Waals surface area (Å²) in [7, 11) is -0.788. The molecule has 0 fully saturated rings. The van der Waals surface area contributed by atoms with E-state index in [0.29, 0.717) is 29.3 Å². The van der Waals surface area contributed by atoms with Crippen molar-refractivity contribution in [3.05, 3.63) is 48.0 Å². The first-order chi connectivity index (χ1) is 16.5. The maximum absolute atomic E-state index is 14.1. The third-order valence-corrected chi connectivity index (χ3v) is 5.57. The molecule has 2 aromatic carbocycles. The zero-order valence-corrected chi connectivity index (χ0v) is 21.4. The van der Waals surface area contributed by atoms with Gasteiger partial charge >= 0.3 is 0 Å². The number of anilines is 2. The highest BCUT2D eigenvalue weighted by Crippen LogP contribution is 2.34. The van der Waals surface area contributed by atoms with Gasteiger partial charge in [0, 0.05) is 46.8 Å². The summed E-state index contributed by atoms with van der Waals surface area (Å²) in [6.45, 7) is 5.62. The number of aromatic nitrogens is 2. The Kier molecular flexibility index (Phi) is 8.23. The Morgan fingerprint density at radius 1 is 1.20 bits per heavy atom. The van der Waals surface area contributed by atoms with E-state index in [9.17, 15) is 13.4 Å². The van der Waals surface area contributed by atoms with Crippen molar-refractivity contribution in [2.45, 2.75) is 32.9 Å². The first kappa shape index (κ1) is 26.3. The standard InChI is InChI=1S/C24H30FN5O4S/c1-14-9-18(30-35(5,6)32)11-20-22(14)23(27-13-26-20)29-19-8-7-17(25)10-21(19)34-16(3)24(31)28-15(2)12-33-4/h7-11,13,15-16H,12H2,1-6H3,(H,28,31)(H,26,27,29)/t15?,16-/m1/s1. The summed E-state index contributed by atoms with van der Waals surface area (Å²) in [6, 6.07) is 7.34. The molecule has 0 radical (unpaired) electrons. The van der Waals surface area contributed by atoms with Gasteiger partial charge in [0.25, 0.3) is 5.91 Å². The van der Waals surface area contributed by atoms with Crippen molar-refractivity contribution in [1.29, 1.82) is 0 Å². The molecular formula is C24H30FN5O4S. The maximum atomic E-state index is 14.1. The smallest absolute Gasteiger partial charge is 0.261 e. The molecule has 9 nitrogen and oxygen atoms in total. The number of nitrogens with zero attached hydrogens (tertiary/aromatic N) is 3. The van der Waals surface area contributed by atoms with E-state index in [1.54, 1.807) is 38.7 Å². The summed E-state index contributed by atoms with van der Waals surface area (Å²) >= 11 is 0. The summed E-state index contributed by atoms with van der Waals surface area (Å²) in [5.74, 6) is -0.244. The number of benzene rings is 2. The average Bonchev–Trinajstić information content (AvgIpc) is 2.74. The van der Waals surface area contributed by atoms with Crippen LogP contribution in [0.15, 0.2) is 41.0 Å². The molecule has 0 saturated carbocycles. The number of halogens is 1. The lowest BCUT2D eigenvalue weighted by Gasteiger charge is -2.20. The fraction of sp³-hybridized carbons (Fsp3) is 0.375. The molecule has 0 saturated heterocycles. The number of amides is 1. The molecule has 35 heavy (non-hydrogen) atoms. The van der Waals surface area contributed by atoms with E-state index >= 15 is 0 Å². The molecule has 1 unspecified atom stereocenters. The Labute approximate surface area is 204 Å². The van der Waals surface area contributed by atoms with Crippen LogP contribution in [0.4, 0.5) is 21.6 Å². The molecule has 0 aliphatic heterocycles. The molecule has 0 spiro atoms. The van der Waals surface area contributed by atoms with Crippen LogP contribution in [0, 0.1) is 12.7 Å². The number of carbonyl (C=O) groups is 1. The van der Waals surface area contributed by atoms with Crippen LogP contribution in [0.5, 0.6) is 5.75 Å². The summed E-state index contributed by atoms with van der Waals surface area (Å²) in [5.41, 5.74) is 2.41. The van der Waals surface area contributed by atoms with Gasteiger partial charge in [0.2, 0.25) is 0 Å². The number of hydrogen-bond donors (Lipinski definition) is 2. The van der Waals surface area contributed by atoms with Crippen LogP contribution in [-0.4, -0.2) is 58.5 Å². The topological polar surface area (TPSA) is 115 Å². The highest BCUT2D eigenvalue weighted by molar-refractivity contribution is 7.92. The Hall–Kier alpha value is -3.31. The summed E-state index contributed by atoms with van der Waals surface area (Å²) in [4.78, 5) is 21.2. The van der Waals surface area contributed by atoms with Crippen LogP contribution in [0.1, 0.15) is 19.4 Å². The van der Waals surface area contributed by atoms with Crippen LogP contribution in [-0.2, 0) is 19.3 Å². The number of aryl methyl sites for hydroxylation is 1. The second-order valence-electron chi connectivity index (χ2n) is 8.54. The first-order valence-electron chi connectivity index (χ1n) is 10.9. The predicted octanol–water partition coefficient (Wildman–Crippen LogP) is 4.10. The second kappa shape index (κ2) is 11.0. The normalized spacial score (nSPS) is 13.2. The average molecular weight is 504 g/mol. The van der Waals surface area contributed by atoms with Gasteiger partial charge < -0.3 is 20.1 Å². The van der Waals surface area contributed by atoms with Crippen LogP contribution < -0.4 is 15.4 Å². The molecule has 1 amide bonds. The third kappa shape index (κ3) is 7.09. The van der Waals surface area contributed by atoms with Crippen molar-refractivity contribution in [2.24, 2.45) is 4.36 Å². The van der Waals surface area contributed by atoms with Crippen molar-refractivity contribution in [3.63, 3.8) is 0 Å². The Morgan fingerprint density at radius 2 is 1.94 bits per heavy atom. The van der Waals surface area contributed by atoms with E-state index < -0.39 is 21.7 Å². The van der Waals surface area contributed by atoms with Gasteiger partial charge in [-0.25, -0.2) is 18.6 Å². The van der Waals surface area contributed by atoms with E-state index in [1.807, 2.05) is 13.8 Å². The van der Waals surface area contributed by atoms with Crippen molar-refractivity contribution < 1.29 is 22.9 Å². The van der Waals surface area contributed by atoms with Crippen molar-refractivity contribution in [3.8, 4) is 5.75 Å². The minimum atomic E-state index is -2.34. The van der Waals surface area contributed by atoms with Gasteiger partial charge in [-0.05, 0) is 50.6 Å². The minimum absolute atomic E-state index is 0.153. The van der Waals surface area contributed by atoms with Gasteiger partial charge in [-0.15, -0.1) is 0 Å². The Bertz CT molecular complexity index is 1350. The molecule has 1 aromatic heterocycles. The highest BCUT2D eigenvalue weighted by Gasteiger charge is 2.20. The Balaban J connectivity index is 1.93. The van der Waals surface area contributed by atoms with E-state index in [-0.39, 0.29) is 17.7 Å². The van der Waals surface area contributed by atoms with Gasteiger partial charge in [0.15, 0.2) is 6.10 Å². The van der Waals surface area contributed by atoms with Crippen molar-refractivity contribution in [1.82, 2.24) is 15.3 Å². The van der Waals surface area contributed by atoms with Gasteiger partial charge in [0.1, 0.15) is 23.7 Å². The molecule has 0 bridgehead atoms. The van der Waals surface area contributed by atoms with Gasteiger partial charge in [-0.2, -0.15) is 4.36 Å². The molecule has 188 valence electrons. The molecular weight excluding hydrogens is 473 g/mol. The van der Waals surface area contributed by atoms with Gasteiger partial charge in [-0.3, -0.25) is 4.79 Å². The molecule has 3 rings (SSSR count). The van der Waals surface area contributed by atoms with E-state index in [0.717, 1.165) is 10.9 Å². The molecule has 2 N–H and O–H groups in total. The minimum Gasteiger partial charge on any atom is -0.479 e. The number of methoxy groups -OCH3 is 1. The SMILES string of the molecule is COCC(C)NC(=O)[C@@H](C)Oc1cc(F)ccc1Nc1ncnc2cc(N=S(C)(C)=O)cc(C)c12. The third-order valence-electron chi connectivity index (χ3n) is 4.92. The monoisotopic (exact) mass is 503 g/mol. The summed E-state index contributed by atoms with van der Waals surface area (Å²) in [5, 5.41) is 6.68. The van der Waals surface area contributed by atoms with Crippen LogP contribution >= 0.6 is 0 Å². The number of hydrogen-bond acceptors (Lipinski definition) is 8. The number of ether oxygens (including phenoxy) is 2. The van der Waals surface area contributed by atoms with Gasteiger partial charge in [0.05, 0.1) is 23.5 Å². The lowest BCUT2D eigenvalue weighted by atomic mass is 10.1. The number of fused-ring (bicyclic) bond motifs is 1. The Morgan fingerprint density at radius 3 is 2.63 bits per heavy atom. The number of nitrogens with one attached hydrogen (secondary N) is 2. The molecule has 0 aliphatic rings. The number of carbonyl (C=O) groups excluding carboxylic acids is 1. The fourth-order valence-corrected chi connectivity index (χ4v) is 4.11. The maximum Gasteiger partial charge on any atom is 0.261 e. The van der Waals surface area contributed by atoms with E-state index in [4.69, 9.17) is 9.47 Å². The highest BCUT2D eigenvalue weighted by atomic mass is 32.2. The van der Waals surface area contributed by atoms with E-state index in [1.165, 1.54) is 24.5 Å². The lowest BCUT2D eigenvalue weighted by molar-refractivity contribution is -0.128. The molecule has 11 heteroatoms. The predicted molar refractivity (Wildman–Crippen MR) is 136 cm³/mol. The van der Waals surface area contributed by atoms with Crippen LogP contribution in [0.3, 0.4) is 0 Å². The van der Waals surface area contributed by atoms with Crippen LogP contribution in [0.25, 0.3) is 10.9 Å². The molecule has 1 heterocycles. The quantitative estimate of drug-likeness (QED) is 0.452. The first-order valence-corrected chi connectivity index (χ1v) is 13.2. The van der Waals surface area contributed by atoms with Crippen molar-refractivity contribution >= 4 is 43.7 Å². The zero-order chi connectivity index (χ0) is 25.8. The van der Waals surface area contributed by atoms with E-state index in [2.05, 4.69) is 25.0 Å². The van der Waals surface area contributed by atoms with Gasteiger partial charge in [-0.1, -0.05) is 0 Å². The largest absolute Gasteiger partial charge is 0.479 e. The lowest BCUT2D eigenvalue weighted by Crippen LogP contribution is -2.43. The summed E-state index contributed by atoms with van der Waals surface area (Å²) < 4.78 is 41.3. The fourth-order valence-electron chi connectivity index (χ4n) is 3.49. The van der Waals surface area contributed by atoms with Crippen molar-refractivity contribution in [2.75, 3.05) is 31.5 Å². The molecule has 3 aromatic rings. The second-order valence-corrected chi connectivity index (χ2v) is 11.1. The molecule has 0 aliphatic carbocycles.